The molecule has 0 saturated heterocycles. The Kier molecular flexibility index (Phi) is 5.50. The van der Waals surface area contributed by atoms with Gasteiger partial charge in [0, 0.05) is 38.2 Å². The van der Waals surface area contributed by atoms with Gasteiger partial charge in [-0.3, -0.25) is 0 Å². The molecule has 5 nitrogen and oxygen atoms in total. The zero-order chi connectivity index (χ0) is 28.9. The number of aromatic nitrogens is 2. The van der Waals surface area contributed by atoms with Gasteiger partial charge in [-0.2, -0.15) is 5.26 Å². The Morgan fingerprint density at radius 3 is 2.07 bits per heavy atom. The summed E-state index contributed by atoms with van der Waals surface area (Å²) in [5.74, 6) is 0. The van der Waals surface area contributed by atoms with Gasteiger partial charge in [-0.25, -0.2) is 14.8 Å². The Hall–Kier alpha value is -6.30. The van der Waals surface area contributed by atoms with Crippen molar-refractivity contribution in [1.29, 1.82) is 5.26 Å². The molecule has 5 aromatic carbocycles. The van der Waals surface area contributed by atoms with E-state index in [0.29, 0.717) is 11.3 Å². The monoisotopic (exact) mass is 548 g/mol. The second-order valence-electron chi connectivity index (χ2n) is 10.5. The molecule has 0 radical (unpaired) electrons. The molecule has 0 bridgehead atoms. The molecule has 0 spiro atoms. The number of nitriles is 1. The van der Waals surface area contributed by atoms with Crippen LogP contribution in [-0.2, 0) is 0 Å². The molecule has 0 amide bonds. The first-order valence-electron chi connectivity index (χ1n) is 13.8. The lowest BCUT2D eigenvalue weighted by atomic mass is 9.96. The van der Waals surface area contributed by atoms with Crippen LogP contribution in [0.15, 0.2) is 126 Å². The van der Waals surface area contributed by atoms with Gasteiger partial charge in [0.15, 0.2) is 5.69 Å². The minimum absolute atomic E-state index is 0.427. The van der Waals surface area contributed by atoms with Gasteiger partial charge in [-0.1, -0.05) is 66.7 Å². The summed E-state index contributed by atoms with van der Waals surface area (Å²) in [6.45, 7) is 7.51. The smallest absolute Gasteiger partial charge is 0.189 e. The van der Waals surface area contributed by atoms with Gasteiger partial charge < -0.3 is 4.42 Å². The third-order valence-corrected chi connectivity index (χ3v) is 7.87. The van der Waals surface area contributed by atoms with Crippen LogP contribution in [0.2, 0.25) is 0 Å². The summed E-state index contributed by atoms with van der Waals surface area (Å²) >= 11 is 0. The summed E-state index contributed by atoms with van der Waals surface area (Å²) in [5.41, 5.74) is 9.57. The van der Waals surface area contributed by atoms with Gasteiger partial charge in [-0.15, -0.1) is 0 Å². The molecule has 8 aromatic rings. The molecule has 0 unspecified atom stereocenters. The molecule has 0 atom stereocenters. The molecule has 0 aliphatic rings. The second kappa shape index (κ2) is 9.66. The molecule has 8 rings (SSSR count). The first kappa shape index (κ1) is 24.5. The van der Waals surface area contributed by atoms with Crippen LogP contribution in [0.25, 0.3) is 82.2 Å². The summed E-state index contributed by atoms with van der Waals surface area (Å²) in [7, 11) is 0. The number of nitrogens with zero attached hydrogens (tertiary/aromatic N) is 4. The Labute approximate surface area is 246 Å². The van der Waals surface area contributed by atoms with Crippen LogP contribution in [0.1, 0.15) is 5.56 Å². The van der Waals surface area contributed by atoms with Crippen molar-refractivity contribution in [1.82, 2.24) is 9.97 Å². The molecule has 3 heterocycles. The second-order valence-corrected chi connectivity index (χ2v) is 10.5. The minimum Gasteiger partial charge on any atom is -0.456 e. The van der Waals surface area contributed by atoms with Gasteiger partial charge in [0.1, 0.15) is 11.2 Å². The highest BCUT2D eigenvalue weighted by Crippen LogP contribution is 2.39. The van der Waals surface area contributed by atoms with Gasteiger partial charge in [0.2, 0.25) is 0 Å². The largest absolute Gasteiger partial charge is 0.456 e. The highest BCUT2D eigenvalue weighted by molar-refractivity contribution is 6.13. The highest BCUT2D eigenvalue weighted by atomic mass is 16.3. The van der Waals surface area contributed by atoms with Gasteiger partial charge in [0.25, 0.3) is 0 Å². The first-order valence-corrected chi connectivity index (χ1v) is 13.8. The third-order valence-electron chi connectivity index (χ3n) is 7.87. The number of fused-ring (bicyclic) bond motifs is 6. The summed E-state index contributed by atoms with van der Waals surface area (Å²) < 4.78 is 6.25. The van der Waals surface area contributed by atoms with E-state index < -0.39 is 0 Å². The fourth-order valence-corrected chi connectivity index (χ4v) is 5.82. The molecule has 0 fully saturated rings. The lowest BCUT2D eigenvalue weighted by Crippen LogP contribution is -1.91. The SMILES string of the molecule is [C-]#[N+]c1cc(C#N)cc(-c2cccc3oc4ccc(-c5ccc6ccc7ccc(-c8ccccc8)nc7c6n5)cc4c23)c1. The molecule has 0 aliphatic heterocycles. The summed E-state index contributed by atoms with van der Waals surface area (Å²) in [5, 5.41) is 13.5. The fourth-order valence-electron chi connectivity index (χ4n) is 5.82. The van der Waals surface area contributed by atoms with Gasteiger partial charge in [-0.05, 0) is 65.7 Å². The molecule has 0 N–H and O–H groups in total. The van der Waals surface area contributed by atoms with E-state index in [1.54, 1.807) is 6.07 Å². The van der Waals surface area contributed by atoms with Crippen LogP contribution in [0.3, 0.4) is 0 Å². The normalized spacial score (nSPS) is 11.2. The summed E-state index contributed by atoms with van der Waals surface area (Å²) in [6, 6.07) is 42.1. The fraction of sp³-hybridized carbons (Fsp3) is 0. The van der Waals surface area contributed by atoms with Crippen molar-refractivity contribution >= 4 is 49.4 Å². The van der Waals surface area contributed by atoms with E-state index in [9.17, 15) is 5.26 Å². The topological polar surface area (TPSA) is 67.1 Å². The van der Waals surface area contributed by atoms with Crippen LogP contribution in [-0.4, -0.2) is 9.97 Å². The van der Waals surface area contributed by atoms with E-state index in [4.69, 9.17) is 21.0 Å². The first-order chi connectivity index (χ1) is 21.2. The van der Waals surface area contributed by atoms with Gasteiger partial charge >= 0.3 is 0 Å². The predicted octanol–water partition coefficient (Wildman–Crippen LogP) is 10.1. The quantitative estimate of drug-likeness (QED) is 0.163. The Morgan fingerprint density at radius 2 is 1.35 bits per heavy atom. The van der Waals surface area contributed by atoms with Crippen molar-refractivity contribution in [3.05, 3.63) is 138 Å². The Morgan fingerprint density at radius 1 is 0.628 bits per heavy atom. The van der Waals surface area contributed by atoms with Crippen LogP contribution < -0.4 is 0 Å². The average Bonchev–Trinajstić information content (AvgIpc) is 3.46. The average molecular weight is 549 g/mol. The zero-order valence-corrected chi connectivity index (χ0v) is 22.7. The van der Waals surface area contributed by atoms with Gasteiger partial charge in [0.05, 0.1) is 35.1 Å². The molecule has 3 aromatic heterocycles. The maximum Gasteiger partial charge on any atom is 0.189 e. The summed E-state index contributed by atoms with van der Waals surface area (Å²) in [6.07, 6.45) is 0. The number of rotatable bonds is 3. The lowest BCUT2D eigenvalue weighted by Gasteiger charge is -2.09. The number of hydrogen-bond acceptors (Lipinski definition) is 4. The minimum atomic E-state index is 0.427. The maximum absolute atomic E-state index is 9.57. The van der Waals surface area contributed by atoms with E-state index in [-0.39, 0.29) is 0 Å². The lowest BCUT2D eigenvalue weighted by molar-refractivity contribution is 0.669. The van der Waals surface area contributed by atoms with Crippen LogP contribution in [0.4, 0.5) is 5.69 Å². The van der Waals surface area contributed by atoms with Crippen molar-refractivity contribution < 1.29 is 4.42 Å². The molecule has 43 heavy (non-hydrogen) atoms. The van der Waals surface area contributed by atoms with Crippen LogP contribution >= 0.6 is 0 Å². The molecule has 5 heteroatoms. The van der Waals surface area contributed by atoms with E-state index in [1.807, 2.05) is 66.7 Å². The van der Waals surface area contributed by atoms with Crippen molar-refractivity contribution in [2.45, 2.75) is 0 Å². The zero-order valence-electron chi connectivity index (χ0n) is 22.7. The number of hydrogen-bond donors (Lipinski definition) is 0. The van der Waals surface area contributed by atoms with Crippen molar-refractivity contribution in [3.63, 3.8) is 0 Å². The van der Waals surface area contributed by atoms with E-state index in [2.05, 4.69) is 59.4 Å². The molecule has 0 aliphatic carbocycles. The van der Waals surface area contributed by atoms with E-state index >= 15 is 0 Å². The number of pyridine rings is 2. The Bertz CT molecular complexity index is 2450. The molecule has 198 valence electrons. The highest BCUT2D eigenvalue weighted by Gasteiger charge is 2.16. The van der Waals surface area contributed by atoms with Crippen molar-refractivity contribution in [3.8, 4) is 39.7 Å². The van der Waals surface area contributed by atoms with Crippen LogP contribution in [0, 0.1) is 17.9 Å². The standard InChI is InChI=1S/C38H20N4O/c1-40-29-19-23(22-39)18-28(20-29)30-8-5-9-35-36(30)31-21-27(14-17-34(31)43-35)33-16-13-26-11-10-25-12-15-32(24-6-3-2-4-7-24)41-37(25)38(26)42-33/h2-21H. The predicted molar refractivity (Wildman–Crippen MR) is 172 cm³/mol. The van der Waals surface area contributed by atoms with Crippen LogP contribution in [0.5, 0.6) is 0 Å². The molecule has 0 saturated carbocycles. The molecular formula is C38H20N4O. The summed E-state index contributed by atoms with van der Waals surface area (Å²) in [4.78, 5) is 13.8. The number of benzene rings is 5. The third kappa shape index (κ3) is 4.08. The van der Waals surface area contributed by atoms with E-state index in [0.717, 1.165) is 77.4 Å². The molecular weight excluding hydrogens is 528 g/mol. The Balaban J connectivity index is 1.32. The van der Waals surface area contributed by atoms with Crippen molar-refractivity contribution in [2.24, 2.45) is 0 Å². The van der Waals surface area contributed by atoms with E-state index in [1.165, 1.54) is 0 Å². The number of furan rings is 1. The van der Waals surface area contributed by atoms with Crippen molar-refractivity contribution in [2.75, 3.05) is 0 Å². The maximum atomic E-state index is 9.57.